The van der Waals surface area contributed by atoms with E-state index < -0.39 is 0 Å². The minimum absolute atomic E-state index is 0.535. The summed E-state index contributed by atoms with van der Waals surface area (Å²) in [5, 5.41) is 0. The van der Waals surface area contributed by atoms with Gasteiger partial charge in [-0.05, 0) is 11.6 Å². The Hall–Kier alpha value is -2.00. The molecule has 0 aliphatic carbocycles. The minimum Gasteiger partial charge on any atom is -0.493 e. The zero-order chi connectivity index (χ0) is 12.1. The average Bonchev–Trinajstić information content (AvgIpc) is 2.38. The van der Waals surface area contributed by atoms with E-state index in [1.54, 1.807) is 7.11 Å². The molecule has 17 heavy (non-hydrogen) atoms. The zero-order valence-electron chi connectivity index (χ0n) is 9.85. The summed E-state index contributed by atoms with van der Waals surface area (Å²) >= 11 is 0. The van der Waals surface area contributed by atoms with E-state index in [1.807, 2.05) is 48.5 Å². The fraction of sp³-hybridized carbons (Fsp3) is 0.143. The molecule has 0 aliphatic heterocycles. The van der Waals surface area contributed by atoms with Gasteiger partial charge in [-0.25, -0.2) is 0 Å². The molecule has 0 spiro atoms. The smallest absolute Gasteiger partial charge is 0.166 e. The summed E-state index contributed by atoms with van der Waals surface area (Å²) in [5.74, 6) is 1.46. The molecule has 0 heterocycles. The van der Waals surface area contributed by atoms with Crippen LogP contribution in [0.2, 0.25) is 0 Å². The summed E-state index contributed by atoms with van der Waals surface area (Å²) in [5.41, 5.74) is 5.90. The van der Waals surface area contributed by atoms with Gasteiger partial charge < -0.3 is 15.2 Å². The van der Waals surface area contributed by atoms with Crippen LogP contribution in [0.4, 0.5) is 5.69 Å². The predicted molar refractivity (Wildman–Crippen MR) is 66.3 cm³/mol. The van der Waals surface area contributed by atoms with Crippen LogP contribution in [0.3, 0.4) is 0 Å². The maximum absolute atomic E-state index is 5.72. The molecular formula is C14H16NO2+. The van der Waals surface area contributed by atoms with Crippen molar-refractivity contribution in [2.75, 3.05) is 7.11 Å². The van der Waals surface area contributed by atoms with Crippen LogP contribution >= 0.6 is 0 Å². The van der Waals surface area contributed by atoms with Crippen LogP contribution in [0.15, 0.2) is 48.5 Å². The summed E-state index contributed by atoms with van der Waals surface area (Å²) in [6, 6.07) is 15.7. The molecule has 0 amide bonds. The van der Waals surface area contributed by atoms with Crippen molar-refractivity contribution in [2.24, 2.45) is 0 Å². The van der Waals surface area contributed by atoms with Gasteiger partial charge in [0.1, 0.15) is 12.3 Å². The number of hydrogen-bond acceptors (Lipinski definition) is 2. The van der Waals surface area contributed by atoms with Crippen molar-refractivity contribution < 1.29 is 15.2 Å². The second-order valence-corrected chi connectivity index (χ2v) is 3.76. The number of benzene rings is 2. The third kappa shape index (κ3) is 2.98. The molecular weight excluding hydrogens is 214 g/mol. The maximum Gasteiger partial charge on any atom is 0.166 e. The third-order valence-corrected chi connectivity index (χ3v) is 2.47. The molecule has 3 heteroatoms. The van der Waals surface area contributed by atoms with Gasteiger partial charge >= 0.3 is 0 Å². The van der Waals surface area contributed by atoms with Crippen molar-refractivity contribution in [1.82, 2.24) is 0 Å². The van der Waals surface area contributed by atoms with Crippen LogP contribution in [0.1, 0.15) is 5.56 Å². The van der Waals surface area contributed by atoms with Crippen LogP contribution in [-0.4, -0.2) is 7.11 Å². The Morgan fingerprint density at radius 3 is 2.47 bits per heavy atom. The second kappa shape index (κ2) is 5.37. The lowest BCUT2D eigenvalue weighted by Crippen LogP contribution is -2.39. The molecule has 3 nitrogen and oxygen atoms in total. The molecule has 0 aromatic heterocycles. The van der Waals surface area contributed by atoms with Crippen molar-refractivity contribution in [3.8, 4) is 11.5 Å². The van der Waals surface area contributed by atoms with Crippen molar-refractivity contribution in [3.63, 3.8) is 0 Å². The van der Waals surface area contributed by atoms with Crippen LogP contribution in [0.5, 0.6) is 11.5 Å². The van der Waals surface area contributed by atoms with E-state index in [0.29, 0.717) is 12.4 Å². The lowest BCUT2D eigenvalue weighted by atomic mass is 10.2. The Bertz CT molecular complexity index is 483. The topological polar surface area (TPSA) is 46.1 Å². The van der Waals surface area contributed by atoms with Crippen molar-refractivity contribution in [3.05, 3.63) is 54.1 Å². The highest BCUT2D eigenvalue weighted by atomic mass is 16.5. The molecule has 2 aromatic carbocycles. The fourth-order valence-electron chi connectivity index (χ4n) is 1.57. The molecule has 0 atom stereocenters. The second-order valence-electron chi connectivity index (χ2n) is 3.76. The Morgan fingerprint density at radius 1 is 1.00 bits per heavy atom. The van der Waals surface area contributed by atoms with Gasteiger partial charge in [-0.1, -0.05) is 30.3 Å². The Kier molecular flexibility index (Phi) is 3.62. The summed E-state index contributed by atoms with van der Waals surface area (Å²) in [4.78, 5) is 0. The van der Waals surface area contributed by atoms with E-state index in [9.17, 15) is 0 Å². The standard InChI is InChI=1S/C14H15NO2/c1-16-14-9-12(15)7-8-13(14)17-10-11-5-3-2-4-6-11/h2-9H,10,15H2,1H3/p+1. The fourth-order valence-corrected chi connectivity index (χ4v) is 1.57. The van der Waals surface area contributed by atoms with Crippen LogP contribution in [-0.2, 0) is 6.61 Å². The lowest BCUT2D eigenvalue weighted by molar-refractivity contribution is -0.254. The highest BCUT2D eigenvalue weighted by Gasteiger charge is 2.05. The normalized spacial score (nSPS) is 10.0. The Morgan fingerprint density at radius 2 is 1.76 bits per heavy atom. The average molecular weight is 230 g/mol. The highest BCUT2D eigenvalue weighted by molar-refractivity contribution is 5.47. The minimum atomic E-state index is 0.535. The molecule has 0 saturated heterocycles. The summed E-state index contributed by atoms with van der Waals surface area (Å²) in [6.45, 7) is 0.535. The van der Waals surface area contributed by atoms with E-state index in [0.717, 1.165) is 17.0 Å². The van der Waals surface area contributed by atoms with E-state index in [-0.39, 0.29) is 0 Å². The number of ether oxygens (including phenoxy) is 2. The van der Waals surface area contributed by atoms with Gasteiger partial charge in [-0.15, -0.1) is 0 Å². The number of quaternary nitrogens is 1. The molecule has 0 radical (unpaired) electrons. The molecule has 2 aromatic rings. The molecule has 0 aliphatic rings. The van der Waals surface area contributed by atoms with E-state index >= 15 is 0 Å². The monoisotopic (exact) mass is 230 g/mol. The van der Waals surface area contributed by atoms with Crippen molar-refractivity contribution in [2.45, 2.75) is 6.61 Å². The zero-order valence-corrected chi connectivity index (χ0v) is 9.85. The Balaban J connectivity index is 2.09. The van der Waals surface area contributed by atoms with Gasteiger partial charge in [0.05, 0.1) is 7.11 Å². The van der Waals surface area contributed by atoms with Gasteiger partial charge in [-0.2, -0.15) is 0 Å². The highest BCUT2D eigenvalue weighted by Crippen LogP contribution is 2.29. The number of hydrogen-bond donors (Lipinski definition) is 1. The molecule has 0 saturated carbocycles. The SMILES string of the molecule is COc1cc([NH3+])ccc1OCc1ccccc1. The van der Waals surface area contributed by atoms with E-state index in [1.165, 1.54) is 0 Å². The van der Waals surface area contributed by atoms with E-state index in [4.69, 9.17) is 9.47 Å². The maximum atomic E-state index is 5.72. The van der Waals surface area contributed by atoms with Gasteiger partial charge in [0.15, 0.2) is 11.5 Å². The molecule has 3 N–H and O–H groups in total. The largest absolute Gasteiger partial charge is 0.493 e. The van der Waals surface area contributed by atoms with Crippen molar-refractivity contribution >= 4 is 5.69 Å². The summed E-state index contributed by atoms with van der Waals surface area (Å²) < 4.78 is 11.0. The predicted octanol–water partition coefficient (Wildman–Crippen LogP) is 2.15. The molecule has 88 valence electrons. The van der Waals surface area contributed by atoms with Crippen LogP contribution < -0.4 is 15.2 Å². The Labute approximate surface area is 101 Å². The lowest BCUT2D eigenvalue weighted by Gasteiger charge is -2.10. The summed E-state index contributed by atoms with van der Waals surface area (Å²) in [6.07, 6.45) is 0. The van der Waals surface area contributed by atoms with E-state index in [2.05, 4.69) is 5.73 Å². The molecule has 2 rings (SSSR count). The molecule has 0 unspecified atom stereocenters. The first-order valence-corrected chi connectivity index (χ1v) is 5.46. The first-order chi connectivity index (χ1) is 8.29. The van der Waals surface area contributed by atoms with Crippen LogP contribution in [0, 0.1) is 0 Å². The van der Waals surface area contributed by atoms with Gasteiger partial charge in [-0.3, -0.25) is 0 Å². The van der Waals surface area contributed by atoms with Gasteiger partial charge in [0, 0.05) is 12.1 Å². The van der Waals surface area contributed by atoms with Crippen molar-refractivity contribution in [1.29, 1.82) is 0 Å². The number of methoxy groups -OCH3 is 1. The first kappa shape index (κ1) is 11.5. The van der Waals surface area contributed by atoms with Crippen LogP contribution in [0.25, 0.3) is 0 Å². The van der Waals surface area contributed by atoms with Gasteiger partial charge in [0.25, 0.3) is 0 Å². The summed E-state index contributed by atoms with van der Waals surface area (Å²) in [7, 11) is 1.63. The van der Waals surface area contributed by atoms with Gasteiger partial charge in [0.2, 0.25) is 0 Å². The molecule has 0 bridgehead atoms. The number of rotatable bonds is 4. The molecule has 0 fully saturated rings. The first-order valence-electron chi connectivity index (χ1n) is 5.46. The third-order valence-electron chi connectivity index (χ3n) is 2.47. The quantitative estimate of drug-likeness (QED) is 0.874.